The molecule has 0 aromatic carbocycles. The van der Waals surface area contributed by atoms with Gasteiger partial charge in [-0.1, -0.05) is 25.6 Å². The van der Waals surface area contributed by atoms with Gasteiger partial charge >= 0.3 is 0 Å². The predicted octanol–water partition coefficient (Wildman–Crippen LogP) is 5.29. The van der Waals surface area contributed by atoms with Crippen molar-refractivity contribution in [1.82, 2.24) is 20.3 Å². The number of hydrogen-bond donors (Lipinski definition) is 1. The molecule has 0 spiro atoms. The molecule has 0 fully saturated rings. The van der Waals surface area contributed by atoms with Crippen molar-refractivity contribution in [2.75, 3.05) is 5.75 Å². The lowest BCUT2D eigenvalue weighted by molar-refractivity contribution is -0.118. The lowest BCUT2D eigenvalue weighted by Gasteiger charge is -2.33. The highest BCUT2D eigenvalue weighted by atomic mass is 32.2. The second-order valence-electron chi connectivity index (χ2n) is 9.62. The van der Waals surface area contributed by atoms with Crippen LogP contribution in [0.1, 0.15) is 50.3 Å². The Hall–Kier alpha value is -2.49. The zero-order valence-electron chi connectivity index (χ0n) is 19.8. The van der Waals surface area contributed by atoms with E-state index in [4.69, 9.17) is 14.1 Å². The highest BCUT2D eigenvalue weighted by Gasteiger charge is 2.31. The van der Waals surface area contributed by atoms with E-state index in [2.05, 4.69) is 43.0 Å². The molecule has 1 amide bonds. The molecule has 0 atom stereocenters. The van der Waals surface area contributed by atoms with Gasteiger partial charge in [0.15, 0.2) is 0 Å². The minimum Gasteiger partial charge on any atom is -0.467 e. The maximum Gasteiger partial charge on any atom is 0.230 e. The van der Waals surface area contributed by atoms with E-state index < -0.39 is 0 Å². The summed E-state index contributed by atoms with van der Waals surface area (Å²) in [6.45, 7) is 9.66. The highest BCUT2D eigenvalue weighted by molar-refractivity contribution is 8.00. The fourth-order valence-corrected chi connectivity index (χ4v) is 6.38. The van der Waals surface area contributed by atoms with Crippen molar-refractivity contribution in [2.24, 2.45) is 5.92 Å². The van der Waals surface area contributed by atoms with Gasteiger partial charge < -0.3 is 14.5 Å². The molecule has 4 aromatic heterocycles. The molecule has 0 saturated heterocycles. The largest absolute Gasteiger partial charge is 0.467 e. The highest BCUT2D eigenvalue weighted by Crippen LogP contribution is 2.42. The molecule has 1 aliphatic heterocycles. The summed E-state index contributed by atoms with van der Waals surface area (Å²) in [5.74, 6) is 1.44. The van der Waals surface area contributed by atoms with Crippen molar-refractivity contribution in [2.45, 2.75) is 64.3 Å². The lowest BCUT2D eigenvalue weighted by Crippen LogP contribution is -2.33. The van der Waals surface area contributed by atoms with Gasteiger partial charge in [0.2, 0.25) is 5.91 Å². The first-order chi connectivity index (χ1) is 16.3. The number of nitrogens with one attached hydrogen (secondary N) is 1. The molecule has 9 heteroatoms. The number of hydrogen-bond acceptors (Lipinski definition) is 8. The molecular formula is C25H28N4O3S2. The normalized spacial score (nSPS) is 15.2. The second-order valence-corrected chi connectivity index (χ2v) is 11.6. The summed E-state index contributed by atoms with van der Waals surface area (Å²) in [5, 5.41) is 4.81. The number of furan rings is 1. The third-order valence-electron chi connectivity index (χ3n) is 5.86. The van der Waals surface area contributed by atoms with E-state index in [0.717, 1.165) is 49.8 Å². The zero-order chi connectivity index (χ0) is 23.9. The van der Waals surface area contributed by atoms with Crippen LogP contribution in [0, 0.1) is 5.92 Å². The Kier molecular flexibility index (Phi) is 6.35. The molecule has 0 saturated carbocycles. The van der Waals surface area contributed by atoms with Crippen LogP contribution in [-0.2, 0) is 35.5 Å². The maximum absolute atomic E-state index is 12.4. The van der Waals surface area contributed by atoms with Gasteiger partial charge in [-0.25, -0.2) is 15.0 Å². The van der Waals surface area contributed by atoms with E-state index in [0.29, 0.717) is 19.1 Å². The van der Waals surface area contributed by atoms with E-state index in [1.165, 1.54) is 22.9 Å². The number of thiophene rings is 1. The summed E-state index contributed by atoms with van der Waals surface area (Å²) in [7, 11) is 0. The number of pyridine rings is 1. The molecule has 0 unspecified atom stereocenters. The monoisotopic (exact) mass is 496 g/mol. The van der Waals surface area contributed by atoms with Crippen LogP contribution in [0.25, 0.3) is 20.4 Å². The van der Waals surface area contributed by atoms with Gasteiger partial charge in [0, 0.05) is 23.1 Å². The Bertz CT molecular complexity index is 1350. The van der Waals surface area contributed by atoms with Gasteiger partial charge in [-0.15, -0.1) is 11.3 Å². The molecule has 1 N–H and O–H groups in total. The fraction of sp³-hybridized carbons (Fsp3) is 0.440. The van der Waals surface area contributed by atoms with Gasteiger partial charge in [-0.3, -0.25) is 4.79 Å². The number of rotatable bonds is 7. The maximum atomic E-state index is 12.4. The average Bonchev–Trinajstić information content (AvgIpc) is 3.43. The van der Waals surface area contributed by atoms with Crippen LogP contribution in [0.2, 0.25) is 0 Å². The first-order valence-electron chi connectivity index (χ1n) is 11.4. The topological polar surface area (TPSA) is 90.1 Å². The van der Waals surface area contributed by atoms with E-state index in [-0.39, 0.29) is 17.3 Å². The lowest BCUT2D eigenvalue weighted by atomic mass is 9.88. The van der Waals surface area contributed by atoms with Crippen LogP contribution in [0.5, 0.6) is 0 Å². The molecule has 34 heavy (non-hydrogen) atoms. The molecule has 7 nitrogen and oxygen atoms in total. The number of ether oxygens (including phenoxy) is 1. The number of thioether (sulfide) groups is 1. The summed E-state index contributed by atoms with van der Waals surface area (Å²) in [6.07, 6.45) is 4.93. The molecule has 0 bridgehead atoms. The Morgan fingerprint density at radius 3 is 2.91 bits per heavy atom. The summed E-state index contributed by atoms with van der Waals surface area (Å²) < 4.78 is 12.4. The molecule has 0 aliphatic carbocycles. The van der Waals surface area contributed by atoms with Crippen LogP contribution < -0.4 is 5.32 Å². The van der Waals surface area contributed by atoms with Crippen LogP contribution in [0.4, 0.5) is 0 Å². The average molecular weight is 497 g/mol. The third kappa shape index (κ3) is 4.69. The molecule has 0 radical (unpaired) electrons. The SMILES string of the molecule is CC(C)Cc1nc2sc3c(SCC(=O)NCc4ccco4)ncnc3c2c2c1COC(C)(C)C2. The number of carbonyl (C=O) groups is 1. The molecule has 1 aliphatic rings. The van der Waals surface area contributed by atoms with Crippen molar-refractivity contribution in [3.63, 3.8) is 0 Å². The molecule has 178 valence electrons. The fourth-order valence-electron chi connectivity index (χ4n) is 4.29. The molecule has 5 heterocycles. The van der Waals surface area contributed by atoms with E-state index >= 15 is 0 Å². The van der Waals surface area contributed by atoms with Crippen molar-refractivity contribution < 1.29 is 13.9 Å². The Balaban J connectivity index is 1.49. The van der Waals surface area contributed by atoms with Crippen molar-refractivity contribution in [1.29, 1.82) is 0 Å². The molecular weight excluding hydrogens is 468 g/mol. The van der Waals surface area contributed by atoms with Crippen LogP contribution in [0.3, 0.4) is 0 Å². The van der Waals surface area contributed by atoms with Gasteiger partial charge in [0.1, 0.15) is 21.9 Å². The van der Waals surface area contributed by atoms with Gasteiger partial charge in [-0.05, 0) is 43.9 Å². The molecule has 4 aromatic rings. The quantitative estimate of drug-likeness (QED) is 0.275. The van der Waals surface area contributed by atoms with Gasteiger partial charge in [0.05, 0.1) is 41.0 Å². The Morgan fingerprint density at radius 2 is 2.15 bits per heavy atom. The van der Waals surface area contributed by atoms with Crippen molar-refractivity contribution >= 4 is 49.4 Å². The van der Waals surface area contributed by atoms with Gasteiger partial charge in [-0.2, -0.15) is 0 Å². The summed E-state index contributed by atoms with van der Waals surface area (Å²) in [6, 6.07) is 3.65. The predicted molar refractivity (Wildman–Crippen MR) is 135 cm³/mol. The summed E-state index contributed by atoms with van der Waals surface area (Å²) >= 11 is 3.05. The second kappa shape index (κ2) is 9.28. The van der Waals surface area contributed by atoms with E-state index in [1.54, 1.807) is 23.9 Å². The first-order valence-corrected chi connectivity index (χ1v) is 13.2. The van der Waals surface area contributed by atoms with Crippen LogP contribution >= 0.6 is 23.1 Å². The smallest absolute Gasteiger partial charge is 0.230 e. The van der Waals surface area contributed by atoms with E-state index in [1.807, 2.05) is 12.1 Å². The summed E-state index contributed by atoms with van der Waals surface area (Å²) in [5.41, 5.74) is 4.32. The van der Waals surface area contributed by atoms with E-state index in [9.17, 15) is 4.79 Å². The summed E-state index contributed by atoms with van der Waals surface area (Å²) in [4.78, 5) is 27.6. The zero-order valence-corrected chi connectivity index (χ0v) is 21.4. The first kappa shape index (κ1) is 23.3. The van der Waals surface area contributed by atoms with Gasteiger partial charge in [0.25, 0.3) is 0 Å². The standard InChI is InChI=1S/C25H28N4O3S2/c1-14(2)8-18-17-11-32-25(3,4)9-16(17)20-21-22(34-23(20)29-18)24(28-13-27-21)33-12-19(30)26-10-15-6-5-7-31-15/h5-7,13-14H,8-12H2,1-4H3,(H,26,30). The van der Waals surface area contributed by atoms with Crippen LogP contribution in [-0.4, -0.2) is 32.2 Å². The number of amides is 1. The molecule has 5 rings (SSSR count). The number of carbonyl (C=O) groups excluding carboxylic acids is 1. The minimum absolute atomic E-state index is 0.0668. The Morgan fingerprint density at radius 1 is 1.29 bits per heavy atom. The third-order valence-corrected chi connectivity index (χ3v) is 8.06. The van der Waals surface area contributed by atoms with Crippen molar-refractivity contribution in [3.8, 4) is 0 Å². The number of nitrogens with zero attached hydrogens (tertiary/aromatic N) is 3. The Labute approximate surface area is 206 Å². The minimum atomic E-state index is -0.235. The number of aromatic nitrogens is 3. The van der Waals surface area contributed by atoms with Crippen molar-refractivity contribution in [3.05, 3.63) is 47.3 Å². The number of fused-ring (bicyclic) bond motifs is 5. The van der Waals surface area contributed by atoms with Crippen LogP contribution in [0.15, 0.2) is 34.2 Å².